The van der Waals surface area contributed by atoms with Crippen LogP contribution in [0.15, 0.2) is 72.9 Å². The fraction of sp³-hybridized carbons (Fsp3) is 0. The number of hydrogen-bond donors (Lipinski definition) is 2. The number of rotatable bonds is 4. The maximum absolute atomic E-state index is 5.63. The summed E-state index contributed by atoms with van der Waals surface area (Å²) in [6.07, 6.45) is 3.97. The summed E-state index contributed by atoms with van der Waals surface area (Å²) in [5, 5.41) is 3.20. The molecule has 2 aromatic carbocycles. The first-order valence-corrected chi connectivity index (χ1v) is 5.78. The van der Waals surface area contributed by atoms with Gasteiger partial charge in [-0.15, -0.1) is 0 Å². The van der Waals surface area contributed by atoms with Gasteiger partial charge in [-0.25, -0.2) is 0 Å². The van der Waals surface area contributed by atoms with Gasteiger partial charge in [0.25, 0.3) is 0 Å². The molecule has 2 nitrogen and oxygen atoms in total. The highest BCUT2D eigenvalue weighted by molar-refractivity contribution is 5.59. The molecule has 0 bridgehead atoms. The molecule has 0 spiro atoms. The van der Waals surface area contributed by atoms with Crippen molar-refractivity contribution in [2.75, 3.05) is 11.1 Å². The van der Waals surface area contributed by atoms with E-state index in [1.807, 2.05) is 66.7 Å². The lowest BCUT2D eigenvalue weighted by atomic mass is 10.2. The van der Waals surface area contributed by atoms with Crippen molar-refractivity contribution in [1.82, 2.24) is 0 Å². The van der Waals surface area contributed by atoms with E-state index in [4.69, 9.17) is 5.73 Å². The number of anilines is 2. The Morgan fingerprint density at radius 1 is 1.00 bits per heavy atom. The van der Waals surface area contributed by atoms with Gasteiger partial charge >= 0.3 is 0 Å². The second kappa shape index (κ2) is 5.73. The fourth-order valence-corrected chi connectivity index (χ4v) is 1.55. The van der Waals surface area contributed by atoms with Crippen LogP contribution in [0, 0.1) is 0 Å². The molecule has 0 amide bonds. The molecule has 0 radical (unpaired) electrons. The van der Waals surface area contributed by atoms with Crippen molar-refractivity contribution in [1.29, 1.82) is 0 Å². The maximum Gasteiger partial charge on any atom is 0.0385 e. The number of benzene rings is 2. The number of nitrogens with two attached hydrogens (primary N) is 1. The lowest BCUT2D eigenvalue weighted by Gasteiger charge is -2.05. The Kier molecular flexibility index (Phi) is 3.82. The highest BCUT2D eigenvalue weighted by Gasteiger charge is 1.92. The Bertz CT molecular complexity index is 539. The summed E-state index contributed by atoms with van der Waals surface area (Å²) in [6, 6.07) is 17.7. The van der Waals surface area contributed by atoms with Crippen molar-refractivity contribution in [3.05, 3.63) is 78.5 Å². The standard InChI is InChI=1S/C16H16N2/c1-13(7-8-14-5-3-2-4-6-14)18-16-11-9-15(17)10-12-16/h2-12,18H,1,17H2/b8-7+. The van der Waals surface area contributed by atoms with E-state index in [1.54, 1.807) is 0 Å². The Morgan fingerprint density at radius 3 is 2.33 bits per heavy atom. The molecule has 0 saturated carbocycles. The highest BCUT2D eigenvalue weighted by atomic mass is 14.9. The summed E-state index contributed by atoms with van der Waals surface area (Å²) in [5.74, 6) is 0. The number of nitrogens with one attached hydrogen (secondary N) is 1. The van der Waals surface area contributed by atoms with Crippen LogP contribution in [0.5, 0.6) is 0 Å². The van der Waals surface area contributed by atoms with E-state index < -0.39 is 0 Å². The average molecular weight is 236 g/mol. The van der Waals surface area contributed by atoms with Gasteiger partial charge in [0.15, 0.2) is 0 Å². The molecule has 0 atom stereocenters. The van der Waals surface area contributed by atoms with Gasteiger partial charge in [0, 0.05) is 17.1 Å². The molecule has 0 aliphatic heterocycles. The zero-order valence-corrected chi connectivity index (χ0v) is 10.1. The normalized spacial score (nSPS) is 10.4. The molecule has 0 unspecified atom stereocenters. The molecule has 2 heteroatoms. The van der Waals surface area contributed by atoms with Crippen molar-refractivity contribution in [3.8, 4) is 0 Å². The lowest BCUT2D eigenvalue weighted by molar-refractivity contribution is 1.50. The molecule has 90 valence electrons. The van der Waals surface area contributed by atoms with Crippen LogP contribution >= 0.6 is 0 Å². The van der Waals surface area contributed by atoms with Crippen LogP contribution in [0.1, 0.15) is 5.56 Å². The van der Waals surface area contributed by atoms with Gasteiger partial charge in [-0.05, 0) is 35.9 Å². The zero-order chi connectivity index (χ0) is 12.8. The van der Waals surface area contributed by atoms with Crippen LogP contribution in [0.2, 0.25) is 0 Å². The molecule has 0 aliphatic rings. The fourth-order valence-electron chi connectivity index (χ4n) is 1.55. The third kappa shape index (κ3) is 3.52. The van der Waals surface area contributed by atoms with Gasteiger partial charge in [0.1, 0.15) is 0 Å². The first-order valence-electron chi connectivity index (χ1n) is 5.78. The SMILES string of the molecule is C=C(/C=C/c1ccccc1)Nc1ccc(N)cc1. The van der Waals surface area contributed by atoms with E-state index in [9.17, 15) is 0 Å². The van der Waals surface area contributed by atoms with E-state index >= 15 is 0 Å². The third-order valence-corrected chi connectivity index (χ3v) is 2.49. The molecule has 3 N–H and O–H groups in total. The van der Waals surface area contributed by atoms with Gasteiger partial charge in [-0.3, -0.25) is 0 Å². The van der Waals surface area contributed by atoms with E-state index in [0.29, 0.717) is 0 Å². The summed E-state index contributed by atoms with van der Waals surface area (Å²) < 4.78 is 0. The van der Waals surface area contributed by atoms with E-state index in [2.05, 4.69) is 11.9 Å². The molecule has 0 saturated heterocycles. The predicted octanol–water partition coefficient (Wildman–Crippen LogP) is 3.91. The molecular weight excluding hydrogens is 220 g/mol. The van der Waals surface area contributed by atoms with Crippen molar-refractivity contribution in [3.63, 3.8) is 0 Å². The van der Waals surface area contributed by atoms with E-state index in [-0.39, 0.29) is 0 Å². The molecule has 0 fully saturated rings. The number of nitrogen functional groups attached to an aromatic ring is 1. The lowest BCUT2D eigenvalue weighted by Crippen LogP contribution is -1.95. The maximum atomic E-state index is 5.63. The van der Waals surface area contributed by atoms with Gasteiger partial charge in [0.2, 0.25) is 0 Å². The second-order valence-corrected chi connectivity index (χ2v) is 4.02. The molecule has 0 heterocycles. The van der Waals surface area contributed by atoms with Crippen LogP contribution in [-0.2, 0) is 0 Å². The summed E-state index contributed by atoms with van der Waals surface area (Å²) in [5.41, 5.74) is 9.35. The topological polar surface area (TPSA) is 38.0 Å². The number of allylic oxidation sites excluding steroid dienone is 1. The molecule has 0 aliphatic carbocycles. The van der Waals surface area contributed by atoms with Crippen LogP contribution in [-0.4, -0.2) is 0 Å². The van der Waals surface area contributed by atoms with Gasteiger partial charge < -0.3 is 11.1 Å². The van der Waals surface area contributed by atoms with E-state index in [1.165, 1.54) is 0 Å². The molecular formula is C16H16N2. The minimum atomic E-state index is 0.756. The van der Waals surface area contributed by atoms with Crippen molar-refractivity contribution in [2.24, 2.45) is 0 Å². The average Bonchev–Trinajstić information content (AvgIpc) is 2.40. The zero-order valence-electron chi connectivity index (χ0n) is 10.1. The van der Waals surface area contributed by atoms with Crippen LogP contribution in [0.3, 0.4) is 0 Å². The van der Waals surface area contributed by atoms with E-state index in [0.717, 1.165) is 22.6 Å². The first kappa shape index (κ1) is 12.0. The quantitative estimate of drug-likeness (QED) is 0.624. The van der Waals surface area contributed by atoms with Crippen LogP contribution in [0.4, 0.5) is 11.4 Å². The summed E-state index contributed by atoms with van der Waals surface area (Å²) in [4.78, 5) is 0. The Morgan fingerprint density at radius 2 is 1.67 bits per heavy atom. The summed E-state index contributed by atoms with van der Waals surface area (Å²) in [7, 11) is 0. The predicted molar refractivity (Wildman–Crippen MR) is 79.1 cm³/mol. The molecule has 0 aromatic heterocycles. The molecule has 18 heavy (non-hydrogen) atoms. The van der Waals surface area contributed by atoms with Gasteiger partial charge in [-0.2, -0.15) is 0 Å². The summed E-state index contributed by atoms with van der Waals surface area (Å²) in [6.45, 7) is 3.96. The van der Waals surface area contributed by atoms with Gasteiger partial charge in [0.05, 0.1) is 0 Å². The minimum absolute atomic E-state index is 0.756. The Balaban J connectivity index is 1.97. The minimum Gasteiger partial charge on any atom is -0.399 e. The van der Waals surface area contributed by atoms with Crippen LogP contribution < -0.4 is 11.1 Å². The Hall–Kier alpha value is -2.48. The smallest absolute Gasteiger partial charge is 0.0385 e. The monoisotopic (exact) mass is 236 g/mol. The van der Waals surface area contributed by atoms with Crippen molar-refractivity contribution >= 4 is 17.5 Å². The largest absolute Gasteiger partial charge is 0.399 e. The Labute approximate surface area is 107 Å². The first-order chi connectivity index (χ1) is 8.74. The highest BCUT2D eigenvalue weighted by Crippen LogP contribution is 2.13. The molecule has 2 aromatic rings. The summed E-state index contributed by atoms with van der Waals surface area (Å²) >= 11 is 0. The van der Waals surface area contributed by atoms with Gasteiger partial charge in [-0.1, -0.05) is 43.0 Å². The number of hydrogen-bond acceptors (Lipinski definition) is 2. The van der Waals surface area contributed by atoms with Crippen molar-refractivity contribution < 1.29 is 0 Å². The molecule has 2 rings (SSSR count). The third-order valence-electron chi connectivity index (χ3n) is 2.49. The second-order valence-electron chi connectivity index (χ2n) is 4.02. The van der Waals surface area contributed by atoms with Crippen molar-refractivity contribution in [2.45, 2.75) is 0 Å². The van der Waals surface area contributed by atoms with Crippen LogP contribution in [0.25, 0.3) is 6.08 Å².